The first kappa shape index (κ1) is 13.8. The van der Waals surface area contributed by atoms with Crippen molar-refractivity contribution in [3.8, 4) is 0 Å². The summed E-state index contributed by atoms with van der Waals surface area (Å²) in [6, 6.07) is 6.15. The fourth-order valence-corrected chi connectivity index (χ4v) is 3.23. The lowest BCUT2D eigenvalue weighted by atomic mass is 10.1. The minimum absolute atomic E-state index is 0.750. The van der Waals surface area contributed by atoms with Gasteiger partial charge in [0.25, 0.3) is 0 Å². The summed E-state index contributed by atoms with van der Waals surface area (Å²) in [6.07, 6.45) is 2.54. The predicted octanol–water partition coefficient (Wildman–Crippen LogP) is 2.16. The third-order valence-corrected chi connectivity index (χ3v) is 4.37. The highest BCUT2D eigenvalue weighted by Crippen LogP contribution is 2.21. The number of likely N-dealkylation sites (tertiary alicyclic amines) is 1. The molecule has 3 rings (SSSR count). The third kappa shape index (κ3) is 3.70. The topological polar surface area (TPSA) is 37.4 Å². The van der Waals surface area contributed by atoms with E-state index >= 15 is 0 Å². The molecule has 3 heterocycles. The van der Waals surface area contributed by atoms with E-state index in [4.69, 9.17) is 4.74 Å². The first-order valence-corrected chi connectivity index (χ1v) is 7.77. The van der Waals surface area contributed by atoms with Crippen molar-refractivity contribution in [3.63, 3.8) is 0 Å². The minimum atomic E-state index is 0.750. The Bertz CT molecular complexity index is 431. The number of nitrogens with zero attached hydrogens (tertiary/aromatic N) is 2. The summed E-state index contributed by atoms with van der Waals surface area (Å²) in [5.74, 6) is 2.52. The highest BCUT2D eigenvalue weighted by Gasteiger charge is 2.26. The molecule has 1 aromatic rings. The summed E-state index contributed by atoms with van der Waals surface area (Å²) in [5, 5.41) is 3.48. The van der Waals surface area contributed by atoms with E-state index in [1.54, 1.807) is 0 Å². The maximum absolute atomic E-state index is 5.46. The molecule has 0 amide bonds. The van der Waals surface area contributed by atoms with Gasteiger partial charge >= 0.3 is 0 Å². The van der Waals surface area contributed by atoms with Gasteiger partial charge in [0.2, 0.25) is 0 Å². The Kier molecular flexibility index (Phi) is 4.53. The van der Waals surface area contributed by atoms with E-state index in [0.29, 0.717) is 0 Å². The molecule has 0 bridgehead atoms. The van der Waals surface area contributed by atoms with Gasteiger partial charge in [-0.2, -0.15) is 0 Å². The number of nitrogens with one attached hydrogen (secondary N) is 1. The SMILES string of the molecule is Cc1cccc(NC[C@H]2CCN(C[C@H]3CCOC3)C2)n1. The van der Waals surface area contributed by atoms with E-state index in [-0.39, 0.29) is 0 Å². The summed E-state index contributed by atoms with van der Waals surface area (Å²) in [5.41, 5.74) is 1.07. The second-order valence-electron chi connectivity index (χ2n) is 6.19. The van der Waals surface area contributed by atoms with Crippen molar-refractivity contribution in [2.24, 2.45) is 11.8 Å². The number of rotatable bonds is 5. The highest BCUT2D eigenvalue weighted by atomic mass is 16.5. The van der Waals surface area contributed by atoms with Gasteiger partial charge in [-0.05, 0) is 50.3 Å². The molecular formula is C16H25N3O. The average Bonchev–Trinajstić information content (AvgIpc) is 3.09. The molecule has 1 N–H and O–H groups in total. The number of ether oxygens (including phenoxy) is 1. The molecule has 0 unspecified atom stereocenters. The van der Waals surface area contributed by atoms with Crippen LogP contribution in [0.2, 0.25) is 0 Å². The van der Waals surface area contributed by atoms with Crippen molar-refractivity contribution in [2.75, 3.05) is 44.7 Å². The first-order chi connectivity index (χ1) is 9.79. The molecule has 4 heteroatoms. The van der Waals surface area contributed by atoms with Crippen LogP contribution in [0.15, 0.2) is 18.2 Å². The maximum atomic E-state index is 5.46. The Hall–Kier alpha value is -1.13. The number of pyridine rings is 1. The molecule has 0 spiro atoms. The van der Waals surface area contributed by atoms with Crippen LogP contribution in [0.25, 0.3) is 0 Å². The predicted molar refractivity (Wildman–Crippen MR) is 80.9 cm³/mol. The van der Waals surface area contributed by atoms with Gasteiger partial charge < -0.3 is 15.0 Å². The van der Waals surface area contributed by atoms with Crippen molar-refractivity contribution in [1.82, 2.24) is 9.88 Å². The summed E-state index contributed by atoms with van der Waals surface area (Å²) in [7, 11) is 0. The van der Waals surface area contributed by atoms with E-state index < -0.39 is 0 Å². The Balaban J connectivity index is 1.41. The van der Waals surface area contributed by atoms with E-state index in [2.05, 4.69) is 27.3 Å². The van der Waals surface area contributed by atoms with Gasteiger partial charge in [-0.25, -0.2) is 4.98 Å². The zero-order valence-corrected chi connectivity index (χ0v) is 12.3. The van der Waals surface area contributed by atoms with E-state index in [1.165, 1.54) is 32.5 Å². The molecule has 2 aliphatic heterocycles. The van der Waals surface area contributed by atoms with Crippen molar-refractivity contribution in [1.29, 1.82) is 0 Å². The van der Waals surface area contributed by atoms with Crippen molar-refractivity contribution < 1.29 is 4.74 Å². The van der Waals surface area contributed by atoms with Crippen LogP contribution in [0.1, 0.15) is 18.5 Å². The summed E-state index contributed by atoms with van der Waals surface area (Å²) in [4.78, 5) is 7.10. The summed E-state index contributed by atoms with van der Waals surface area (Å²) < 4.78 is 5.46. The Morgan fingerprint density at radius 1 is 1.35 bits per heavy atom. The lowest BCUT2D eigenvalue weighted by Gasteiger charge is -2.19. The number of hydrogen-bond acceptors (Lipinski definition) is 4. The van der Waals surface area contributed by atoms with E-state index in [0.717, 1.165) is 43.1 Å². The molecule has 0 aromatic carbocycles. The van der Waals surface area contributed by atoms with Gasteiger partial charge in [0.05, 0.1) is 6.61 Å². The standard InChI is InChI=1S/C16H25N3O/c1-13-3-2-4-16(18-13)17-9-14-5-7-19(10-14)11-15-6-8-20-12-15/h2-4,14-15H,5-12H2,1H3,(H,17,18)/t14-,15-/m1/s1. The van der Waals surface area contributed by atoms with Crippen molar-refractivity contribution >= 4 is 5.82 Å². The van der Waals surface area contributed by atoms with Gasteiger partial charge in [-0.3, -0.25) is 0 Å². The smallest absolute Gasteiger partial charge is 0.126 e. The van der Waals surface area contributed by atoms with Crippen LogP contribution in [0.5, 0.6) is 0 Å². The molecule has 110 valence electrons. The molecule has 2 saturated heterocycles. The maximum Gasteiger partial charge on any atom is 0.126 e. The largest absolute Gasteiger partial charge is 0.381 e. The molecule has 2 atom stereocenters. The molecule has 4 nitrogen and oxygen atoms in total. The number of hydrogen-bond donors (Lipinski definition) is 1. The molecule has 2 fully saturated rings. The van der Waals surface area contributed by atoms with Crippen molar-refractivity contribution in [2.45, 2.75) is 19.8 Å². The monoisotopic (exact) mass is 275 g/mol. The number of aromatic nitrogens is 1. The third-order valence-electron chi connectivity index (χ3n) is 4.37. The lowest BCUT2D eigenvalue weighted by molar-refractivity contribution is 0.173. The van der Waals surface area contributed by atoms with Crippen LogP contribution in [0, 0.1) is 18.8 Å². The van der Waals surface area contributed by atoms with Gasteiger partial charge in [-0.1, -0.05) is 6.07 Å². The Labute approximate surface area is 121 Å². The number of anilines is 1. The first-order valence-electron chi connectivity index (χ1n) is 7.77. The molecule has 0 saturated carbocycles. The summed E-state index contributed by atoms with van der Waals surface area (Å²) in [6.45, 7) is 8.67. The molecule has 0 aliphatic carbocycles. The summed E-state index contributed by atoms with van der Waals surface area (Å²) >= 11 is 0. The lowest BCUT2D eigenvalue weighted by Crippen LogP contribution is -2.28. The zero-order chi connectivity index (χ0) is 13.8. The number of aryl methyl sites for hydroxylation is 1. The Morgan fingerprint density at radius 3 is 3.10 bits per heavy atom. The van der Waals surface area contributed by atoms with Crippen LogP contribution in [-0.2, 0) is 4.74 Å². The quantitative estimate of drug-likeness (QED) is 0.893. The minimum Gasteiger partial charge on any atom is -0.381 e. The molecule has 1 aromatic heterocycles. The van der Waals surface area contributed by atoms with Gasteiger partial charge in [0.1, 0.15) is 5.82 Å². The molecule has 2 aliphatic rings. The van der Waals surface area contributed by atoms with E-state index in [1.807, 2.05) is 13.0 Å². The molecule has 20 heavy (non-hydrogen) atoms. The van der Waals surface area contributed by atoms with Gasteiger partial charge in [0.15, 0.2) is 0 Å². The van der Waals surface area contributed by atoms with Crippen LogP contribution in [0.3, 0.4) is 0 Å². The highest BCUT2D eigenvalue weighted by molar-refractivity contribution is 5.35. The second kappa shape index (κ2) is 6.55. The second-order valence-corrected chi connectivity index (χ2v) is 6.19. The van der Waals surface area contributed by atoms with Crippen LogP contribution in [0.4, 0.5) is 5.82 Å². The van der Waals surface area contributed by atoms with E-state index in [9.17, 15) is 0 Å². The van der Waals surface area contributed by atoms with Gasteiger partial charge in [-0.15, -0.1) is 0 Å². The molecular weight excluding hydrogens is 250 g/mol. The van der Waals surface area contributed by atoms with Crippen LogP contribution >= 0.6 is 0 Å². The zero-order valence-electron chi connectivity index (χ0n) is 12.3. The average molecular weight is 275 g/mol. The fourth-order valence-electron chi connectivity index (χ4n) is 3.23. The molecule has 0 radical (unpaired) electrons. The normalized spacial score (nSPS) is 27.1. The Morgan fingerprint density at radius 2 is 2.30 bits per heavy atom. The van der Waals surface area contributed by atoms with Crippen LogP contribution < -0.4 is 5.32 Å². The fraction of sp³-hybridized carbons (Fsp3) is 0.688. The van der Waals surface area contributed by atoms with Crippen LogP contribution in [-0.4, -0.2) is 49.3 Å². The van der Waals surface area contributed by atoms with Crippen molar-refractivity contribution in [3.05, 3.63) is 23.9 Å². The van der Waals surface area contributed by atoms with Gasteiger partial charge in [0, 0.05) is 31.9 Å².